The molecule has 0 spiro atoms. The average Bonchev–Trinajstić information content (AvgIpc) is 3.04. The number of unbranched alkanes of at least 4 members (excludes halogenated alkanes) is 1. The highest BCUT2D eigenvalue weighted by atomic mass is 32.1. The highest BCUT2D eigenvalue weighted by molar-refractivity contribution is 7.80. The van der Waals surface area contributed by atoms with Crippen molar-refractivity contribution in [2.45, 2.75) is 59.4 Å². The summed E-state index contributed by atoms with van der Waals surface area (Å²) in [5.74, 6) is 1.34. The molecule has 3 N–H and O–H groups in total. The number of hydrogen-bond donors (Lipinski definition) is 3. The monoisotopic (exact) mass is 389 g/mol. The van der Waals surface area contributed by atoms with Crippen molar-refractivity contribution in [3.63, 3.8) is 0 Å². The Morgan fingerprint density at radius 1 is 1.22 bits per heavy atom. The normalized spacial score (nSPS) is 12.0. The predicted octanol–water partition coefficient (Wildman–Crippen LogP) is 3.31. The lowest BCUT2D eigenvalue weighted by Gasteiger charge is -2.17. The van der Waals surface area contributed by atoms with E-state index in [1.165, 1.54) is 19.3 Å². The number of amides is 1. The van der Waals surface area contributed by atoms with E-state index >= 15 is 0 Å². The summed E-state index contributed by atoms with van der Waals surface area (Å²) >= 11 is 5.27. The first kappa shape index (κ1) is 21.2. The number of thiocarbonyl (C=S) groups is 1. The van der Waals surface area contributed by atoms with Crippen LogP contribution < -0.4 is 16.2 Å². The number of nitrogens with one attached hydrogen (secondary N) is 3. The molecule has 1 amide bonds. The molecule has 0 unspecified atom stereocenters. The Kier molecular flexibility index (Phi) is 8.51. The van der Waals surface area contributed by atoms with Gasteiger partial charge in [-0.1, -0.05) is 52.2 Å². The summed E-state index contributed by atoms with van der Waals surface area (Å²) in [4.78, 5) is 16.9. The Morgan fingerprint density at radius 2 is 2.00 bits per heavy atom. The van der Waals surface area contributed by atoms with Crippen molar-refractivity contribution in [2.75, 3.05) is 6.54 Å². The topological polar surface area (TPSA) is 71.0 Å². The highest BCUT2D eigenvalue weighted by Gasteiger charge is 2.12. The van der Waals surface area contributed by atoms with E-state index in [1.54, 1.807) is 0 Å². The number of aromatic nitrogens is 2. The molecule has 0 saturated heterocycles. The van der Waals surface area contributed by atoms with Crippen molar-refractivity contribution < 1.29 is 4.79 Å². The minimum atomic E-state index is -0.157. The van der Waals surface area contributed by atoms with Gasteiger partial charge in [-0.15, -0.1) is 0 Å². The van der Waals surface area contributed by atoms with E-state index in [-0.39, 0.29) is 12.5 Å². The molecule has 0 aliphatic rings. The molecular weight excluding hydrogens is 358 g/mol. The average molecular weight is 390 g/mol. The molecule has 1 atom stereocenters. The zero-order chi connectivity index (χ0) is 19.6. The molecule has 0 aliphatic carbocycles. The minimum absolute atomic E-state index is 0.157. The lowest BCUT2D eigenvalue weighted by atomic mass is 9.99. The van der Waals surface area contributed by atoms with Crippen LogP contribution in [0.2, 0.25) is 0 Å². The van der Waals surface area contributed by atoms with E-state index in [2.05, 4.69) is 35.0 Å². The molecule has 2 aromatic rings. The molecule has 6 nitrogen and oxygen atoms in total. The smallest absolute Gasteiger partial charge is 0.258 e. The fourth-order valence-electron chi connectivity index (χ4n) is 3.11. The van der Waals surface area contributed by atoms with Gasteiger partial charge in [0.25, 0.3) is 5.91 Å². The van der Waals surface area contributed by atoms with Gasteiger partial charge >= 0.3 is 0 Å². The first-order chi connectivity index (χ1) is 13.1. The Labute approximate surface area is 167 Å². The third-order valence-corrected chi connectivity index (χ3v) is 5.01. The maximum absolute atomic E-state index is 12.4. The van der Waals surface area contributed by atoms with Crippen LogP contribution in [0.3, 0.4) is 0 Å². The van der Waals surface area contributed by atoms with Crippen molar-refractivity contribution in [1.29, 1.82) is 0 Å². The molecular formula is C20H31N5OS. The Morgan fingerprint density at radius 3 is 2.70 bits per heavy atom. The van der Waals surface area contributed by atoms with Gasteiger partial charge in [-0.2, -0.15) is 0 Å². The lowest BCUT2D eigenvalue weighted by Crippen LogP contribution is -2.48. The van der Waals surface area contributed by atoms with Crippen LogP contribution in [0.1, 0.15) is 52.3 Å². The van der Waals surface area contributed by atoms with Gasteiger partial charge in [0, 0.05) is 13.0 Å². The highest BCUT2D eigenvalue weighted by Crippen LogP contribution is 2.16. The zero-order valence-electron chi connectivity index (χ0n) is 16.5. The Hall–Kier alpha value is -2.15. The van der Waals surface area contributed by atoms with Crippen molar-refractivity contribution in [1.82, 2.24) is 25.7 Å². The van der Waals surface area contributed by atoms with Gasteiger partial charge in [0.05, 0.1) is 11.0 Å². The quantitative estimate of drug-likeness (QED) is 0.453. The number of carbonyl (C=O) groups is 1. The molecule has 0 radical (unpaired) electrons. The molecule has 1 heterocycles. The zero-order valence-corrected chi connectivity index (χ0v) is 17.4. The second kappa shape index (κ2) is 10.9. The van der Waals surface area contributed by atoms with Crippen LogP contribution >= 0.6 is 12.2 Å². The number of fused-ring (bicyclic) bond motifs is 1. The summed E-state index contributed by atoms with van der Waals surface area (Å²) in [5, 5.41) is 3.64. The number of benzene rings is 1. The van der Waals surface area contributed by atoms with Crippen LogP contribution in [0.25, 0.3) is 11.0 Å². The number of nitrogens with zero attached hydrogens (tertiary/aromatic N) is 2. The molecule has 7 heteroatoms. The maximum atomic E-state index is 12.4. The van der Waals surface area contributed by atoms with Crippen LogP contribution in [0, 0.1) is 5.92 Å². The van der Waals surface area contributed by atoms with Crippen molar-refractivity contribution in [3.8, 4) is 0 Å². The maximum Gasteiger partial charge on any atom is 0.258 e. The summed E-state index contributed by atoms with van der Waals surface area (Å²) in [5.41, 5.74) is 7.36. The first-order valence-electron chi connectivity index (χ1n) is 9.85. The summed E-state index contributed by atoms with van der Waals surface area (Å²) in [6, 6.07) is 7.85. The van der Waals surface area contributed by atoms with Crippen molar-refractivity contribution >= 4 is 34.3 Å². The van der Waals surface area contributed by atoms with Gasteiger partial charge in [-0.25, -0.2) is 4.98 Å². The number of imidazole rings is 1. The van der Waals surface area contributed by atoms with Gasteiger partial charge in [0.1, 0.15) is 12.4 Å². The summed E-state index contributed by atoms with van der Waals surface area (Å²) in [6.07, 6.45) is 5.52. The van der Waals surface area contributed by atoms with E-state index in [0.29, 0.717) is 11.0 Å². The molecule has 148 valence electrons. The third kappa shape index (κ3) is 6.20. The predicted molar refractivity (Wildman–Crippen MR) is 114 cm³/mol. The SMILES string of the molecule is CCCC[C@@H](CC)CNC(=S)NNC(=O)Cn1c(CC)nc2ccccc21. The molecule has 0 saturated carbocycles. The van der Waals surface area contributed by atoms with Crippen LogP contribution in [-0.4, -0.2) is 27.1 Å². The van der Waals surface area contributed by atoms with Gasteiger partial charge < -0.3 is 9.88 Å². The fourth-order valence-corrected chi connectivity index (χ4v) is 3.24. The number of rotatable bonds is 9. The minimum Gasteiger partial charge on any atom is -0.361 e. The Balaban J connectivity index is 1.83. The van der Waals surface area contributed by atoms with E-state index in [4.69, 9.17) is 12.2 Å². The first-order valence-corrected chi connectivity index (χ1v) is 10.3. The third-order valence-electron chi connectivity index (χ3n) is 4.76. The van der Waals surface area contributed by atoms with E-state index in [1.807, 2.05) is 35.8 Å². The summed E-state index contributed by atoms with van der Waals surface area (Å²) in [7, 11) is 0. The largest absolute Gasteiger partial charge is 0.361 e. The van der Waals surface area contributed by atoms with Gasteiger partial charge in [0.2, 0.25) is 0 Å². The van der Waals surface area contributed by atoms with E-state index < -0.39 is 0 Å². The lowest BCUT2D eigenvalue weighted by molar-refractivity contribution is -0.122. The molecule has 1 aromatic heterocycles. The van der Waals surface area contributed by atoms with Crippen LogP contribution in [-0.2, 0) is 17.8 Å². The van der Waals surface area contributed by atoms with Crippen LogP contribution in [0.5, 0.6) is 0 Å². The summed E-state index contributed by atoms with van der Waals surface area (Å²) in [6.45, 7) is 7.46. The second-order valence-electron chi connectivity index (χ2n) is 6.76. The van der Waals surface area contributed by atoms with Gasteiger partial charge in [0.15, 0.2) is 5.11 Å². The standard InChI is InChI=1S/C20H31N5OS/c1-4-7-10-15(5-2)13-21-20(27)24-23-19(26)14-25-17-12-9-8-11-16(17)22-18(25)6-3/h8-9,11-12,15H,4-7,10,13-14H2,1-3H3,(H,23,26)(H2,21,24,27)/t15-/m1/s1. The van der Waals surface area contributed by atoms with Crippen molar-refractivity contribution in [2.24, 2.45) is 5.92 Å². The van der Waals surface area contributed by atoms with Gasteiger partial charge in [-0.3, -0.25) is 15.6 Å². The molecule has 1 aromatic carbocycles. The van der Waals surface area contributed by atoms with Crippen molar-refractivity contribution in [3.05, 3.63) is 30.1 Å². The van der Waals surface area contributed by atoms with Crippen LogP contribution in [0.15, 0.2) is 24.3 Å². The number of hydrazine groups is 1. The molecule has 2 rings (SSSR count). The van der Waals surface area contributed by atoms with Gasteiger partial charge in [-0.05, 0) is 36.7 Å². The second-order valence-corrected chi connectivity index (χ2v) is 7.16. The number of hydrogen-bond acceptors (Lipinski definition) is 3. The molecule has 0 bridgehead atoms. The summed E-state index contributed by atoms with van der Waals surface area (Å²) < 4.78 is 1.95. The number of carbonyl (C=O) groups excluding carboxylic acids is 1. The van der Waals surface area contributed by atoms with Crippen LogP contribution in [0.4, 0.5) is 0 Å². The fraction of sp³-hybridized carbons (Fsp3) is 0.550. The number of aryl methyl sites for hydroxylation is 1. The van der Waals surface area contributed by atoms with E-state index in [0.717, 1.165) is 36.2 Å². The molecule has 27 heavy (non-hydrogen) atoms. The Bertz CT molecular complexity index is 758. The van der Waals surface area contributed by atoms with E-state index in [9.17, 15) is 4.79 Å². The molecule has 0 fully saturated rings. The molecule has 0 aliphatic heterocycles. The number of para-hydroxylation sites is 2.